The summed E-state index contributed by atoms with van der Waals surface area (Å²) in [7, 11) is 0. The molecule has 0 aliphatic rings. The van der Waals surface area contributed by atoms with E-state index in [-0.39, 0.29) is 12.3 Å². The Labute approximate surface area is 136 Å². The van der Waals surface area contributed by atoms with E-state index in [2.05, 4.69) is 11.9 Å². The summed E-state index contributed by atoms with van der Waals surface area (Å²) in [5, 5.41) is 12.7. The standard InChI is InChI=1S/C19H21NO3/c1-2-12-20-19(22)13-18(21)16-8-10-17(11-9-16)23-14-15-6-4-3-5-7-15/h2-11,18,21H,1,12-14H2,(H,20,22). The molecule has 0 heterocycles. The van der Waals surface area contributed by atoms with Crippen LogP contribution in [-0.4, -0.2) is 17.6 Å². The van der Waals surface area contributed by atoms with Crippen LogP contribution in [0.5, 0.6) is 5.75 Å². The second kappa shape index (κ2) is 8.76. The highest BCUT2D eigenvalue weighted by atomic mass is 16.5. The molecule has 23 heavy (non-hydrogen) atoms. The third-order valence-electron chi connectivity index (χ3n) is 3.34. The molecule has 0 saturated heterocycles. The lowest BCUT2D eigenvalue weighted by molar-refractivity contribution is -0.122. The molecule has 4 nitrogen and oxygen atoms in total. The van der Waals surface area contributed by atoms with Crippen molar-refractivity contribution in [3.8, 4) is 5.75 Å². The average molecular weight is 311 g/mol. The lowest BCUT2D eigenvalue weighted by atomic mass is 10.1. The first-order valence-corrected chi connectivity index (χ1v) is 7.51. The van der Waals surface area contributed by atoms with Crippen LogP contribution in [-0.2, 0) is 11.4 Å². The Hall–Kier alpha value is -2.59. The highest BCUT2D eigenvalue weighted by molar-refractivity contribution is 5.76. The molecule has 1 amide bonds. The van der Waals surface area contributed by atoms with Crippen molar-refractivity contribution in [1.29, 1.82) is 0 Å². The minimum absolute atomic E-state index is 0.0259. The second-order valence-electron chi connectivity index (χ2n) is 5.16. The van der Waals surface area contributed by atoms with Crippen LogP contribution in [0.1, 0.15) is 23.7 Å². The van der Waals surface area contributed by atoms with E-state index in [0.29, 0.717) is 18.7 Å². The zero-order valence-electron chi connectivity index (χ0n) is 12.9. The van der Waals surface area contributed by atoms with Crippen molar-refractivity contribution >= 4 is 5.91 Å². The number of carbonyl (C=O) groups is 1. The summed E-state index contributed by atoms with van der Waals surface area (Å²) in [6.45, 7) is 4.42. The fraction of sp³-hybridized carbons (Fsp3) is 0.211. The fourth-order valence-corrected chi connectivity index (χ4v) is 2.08. The molecule has 2 aromatic rings. The normalized spacial score (nSPS) is 11.5. The van der Waals surface area contributed by atoms with Gasteiger partial charge in [-0.25, -0.2) is 0 Å². The van der Waals surface area contributed by atoms with Gasteiger partial charge in [-0.1, -0.05) is 48.5 Å². The molecule has 0 saturated carbocycles. The van der Waals surface area contributed by atoms with Crippen molar-refractivity contribution in [3.63, 3.8) is 0 Å². The second-order valence-corrected chi connectivity index (χ2v) is 5.16. The van der Waals surface area contributed by atoms with Crippen molar-refractivity contribution in [1.82, 2.24) is 5.32 Å². The van der Waals surface area contributed by atoms with E-state index in [4.69, 9.17) is 4.74 Å². The summed E-state index contributed by atoms with van der Waals surface area (Å²) < 4.78 is 5.69. The molecule has 0 bridgehead atoms. The van der Waals surface area contributed by atoms with Gasteiger partial charge in [0.05, 0.1) is 12.5 Å². The van der Waals surface area contributed by atoms with Crippen molar-refractivity contribution < 1.29 is 14.6 Å². The largest absolute Gasteiger partial charge is 0.489 e. The van der Waals surface area contributed by atoms with Gasteiger partial charge in [0.25, 0.3) is 0 Å². The Bertz CT molecular complexity index is 623. The van der Waals surface area contributed by atoms with E-state index in [1.54, 1.807) is 30.3 Å². The highest BCUT2D eigenvalue weighted by Crippen LogP contribution is 2.20. The van der Waals surface area contributed by atoms with Crippen LogP contribution < -0.4 is 10.1 Å². The van der Waals surface area contributed by atoms with Crippen LogP contribution in [0.4, 0.5) is 0 Å². The lowest BCUT2D eigenvalue weighted by Crippen LogP contribution is -2.24. The molecule has 0 aliphatic carbocycles. The van der Waals surface area contributed by atoms with E-state index in [0.717, 1.165) is 11.3 Å². The maximum atomic E-state index is 11.6. The van der Waals surface area contributed by atoms with Crippen LogP contribution in [0.2, 0.25) is 0 Å². The topological polar surface area (TPSA) is 58.6 Å². The van der Waals surface area contributed by atoms with E-state index in [9.17, 15) is 9.90 Å². The molecule has 0 aliphatic heterocycles. The summed E-state index contributed by atoms with van der Waals surface area (Å²) in [6.07, 6.45) is 0.796. The van der Waals surface area contributed by atoms with Crippen molar-refractivity contribution in [3.05, 3.63) is 78.4 Å². The first kappa shape index (κ1) is 16.8. The molecule has 2 aromatic carbocycles. The highest BCUT2D eigenvalue weighted by Gasteiger charge is 2.12. The predicted molar refractivity (Wildman–Crippen MR) is 90.0 cm³/mol. The Morgan fingerprint density at radius 1 is 1.17 bits per heavy atom. The number of aliphatic hydroxyl groups excluding tert-OH is 1. The molecule has 120 valence electrons. The number of amides is 1. The van der Waals surface area contributed by atoms with Crippen molar-refractivity contribution in [2.24, 2.45) is 0 Å². The molecule has 1 atom stereocenters. The zero-order chi connectivity index (χ0) is 16.5. The summed E-state index contributed by atoms with van der Waals surface area (Å²) in [6, 6.07) is 17.0. The summed E-state index contributed by atoms with van der Waals surface area (Å²) in [4.78, 5) is 11.6. The minimum atomic E-state index is -0.831. The number of rotatable bonds is 8. The van der Waals surface area contributed by atoms with Crippen molar-refractivity contribution in [2.75, 3.05) is 6.54 Å². The van der Waals surface area contributed by atoms with Crippen LogP contribution in [0.25, 0.3) is 0 Å². The molecule has 0 fully saturated rings. The molecule has 0 radical (unpaired) electrons. The number of carbonyl (C=O) groups excluding carboxylic acids is 1. The number of benzene rings is 2. The molecular formula is C19H21NO3. The third kappa shape index (κ3) is 5.60. The van der Waals surface area contributed by atoms with E-state index in [1.807, 2.05) is 30.3 Å². The molecule has 0 aromatic heterocycles. The van der Waals surface area contributed by atoms with E-state index in [1.165, 1.54) is 0 Å². The Kier molecular flexibility index (Phi) is 6.39. The fourth-order valence-electron chi connectivity index (χ4n) is 2.08. The number of hydrogen-bond acceptors (Lipinski definition) is 3. The first-order valence-electron chi connectivity index (χ1n) is 7.51. The first-order chi connectivity index (χ1) is 11.2. The van der Waals surface area contributed by atoms with Gasteiger partial charge >= 0.3 is 0 Å². The molecule has 2 N–H and O–H groups in total. The molecule has 1 unspecified atom stereocenters. The average Bonchev–Trinajstić information content (AvgIpc) is 2.59. The van der Waals surface area contributed by atoms with Crippen LogP contribution >= 0.6 is 0 Å². The molecule has 2 rings (SSSR count). The minimum Gasteiger partial charge on any atom is -0.489 e. The van der Waals surface area contributed by atoms with Gasteiger partial charge in [-0.15, -0.1) is 6.58 Å². The Morgan fingerprint density at radius 3 is 2.52 bits per heavy atom. The van der Waals surface area contributed by atoms with E-state index < -0.39 is 6.10 Å². The van der Waals surface area contributed by atoms with Crippen LogP contribution in [0.15, 0.2) is 67.3 Å². The lowest BCUT2D eigenvalue weighted by Gasteiger charge is -2.12. The van der Waals surface area contributed by atoms with E-state index >= 15 is 0 Å². The van der Waals surface area contributed by atoms with Gasteiger partial charge in [0, 0.05) is 6.54 Å². The smallest absolute Gasteiger partial charge is 0.223 e. The summed E-state index contributed by atoms with van der Waals surface area (Å²) in [5.41, 5.74) is 1.78. The Balaban J connectivity index is 1.86. The van der Waals surface area contributed by atoms with Gasteiger partial charge < -0.3 is 15.2 Å². The van der Waals surface area contributed by atoms with Gasteiger partial charge in [0.15, 0.2) is 0 Å². The molecular weight excluding hydrogens is 290 g/mol. The predicted octanol–water partition coefficient (Wildman–Crippen LogP) is 2.99. The SMILES string of the molecule is C=CCNC(=O)CC(O)c1ccc(OCc2ccccc2)cc1. The van der Waals surface area contributed by atoms with Crippen molar-refractivity contribution in [2.45, 2.75) is 19.1 Å². The van der Waals surface area contributed by atoms with Crippen LogP contribution in [0.3, 0.4) is 0 Å². The third-order valence-corrected chi connectivity index (χ3v) is 3.34. The summed E-state index contributed by atoms with van der Waals surface area (Å²) in [5.74, 6) is 0.516. The number of nitrogens with one attached hydrogen (secondary N) is 1. The van der Waals surface area contributed by atoms with Gasteiger partial charge in [0.2, 0.25) is 5.91 Å². The summed E-state index contributed by atoms with van der Waals surface area (Å²) >= 11 is 0. The van der Waals surface area contributed by atoms with Gasteiger partial charge in [-0.3, -0.25) is 4.79 Å². The van der Waals surface area contributed by atoms with Gasteiger partial charge in [-0.05, 0) is 23.3 Å². The zero-order valence-corrected chi connectivity index (χ0v) is 12.9. The quantitative estimate of drug-likeness (QED) is 0.737. The molecule has 4 heteroatoms. The number of aliphatic hydroxyl groups is 1. The maximum absolute atomic E-state index is 11.6. The number of ether oxygens (including phenoxy) is 1. The molecule has 0 spiro atoms. The number of hydrogen-bond donors (Lipinski definition) is 2. The van der Waals surface area contributed by atoms with Gasteiger partial charge in [0.1, 0.15) is 12.4 Å². The Morgan fingerprint density at radius 2 is 1.87 bits per heavy atom. The van der Waals surface area contributed by atoms with Gasteiger partial charge in [-0.2, -0.15) is 0 Å². The monoisotopic (exact) mass is 311 g/mol. The maximum Gasteiger partial charge on any atom is 0.223 e. The van der Waals surface area contributed by atoms with Crippen LogP contribution in [0, 0.1) is 0 Å².